The summed E-state index contributed by atoms with van der Waals surface area (Å²) in [7, 11) is 0. The molecule has 1 N–H and O–H groups in total. The summed E-state index contributed by atoms with van der Waals surface area (Å²) in [6.45, 7) is 5.87. The van der Waals surface area contributed by atoms with Crippen molar-refractivity contribution in [3.63, 3.8) is 0 Å². The van der Waals surface area contributed by atoms with Crippen LogP contribution in [-0.4, -0.2) is 22.6 Å². The van der Waals surface area contributed by atoms with Crippen LogP contribution in [0, 0.1) is 0 Å². The number of fused-ring (bicyclic) bond motifs is 1. The summed E-state index contributed by atoms with van der Waals surface area (Å²) < 4.78 is 5.91. The fraction of sp³-hybridized carbons (Fsp3) is 0.375. The van der Waals surface area contributed by atoms with Crippen molar-refractivity contribution in [3.8, 4) is 17.0 Å². The molecule has 0 saturated carbocycles. The summed E-state index contributed by atoms with van der Waals surface area (Å²) in [6, 6.07) is 8.08. The van der Waals surface area contributed by atoms with E-state index < -0.39 is 0 Å². The smallest absolute Gasteiger partial charge is 0.129 e. The van der Waals surface area contributed by atoms with Gasteiger partial charge in [0.1, 0.15) is 12.1 Å². The topological polar surface area (TPSA) is 47.0 Å². The van der Waals surface area contributed by atoms with Crippen molar-refractivity contribution < 1.29 is 4.74 Å². The molecule has 0 spiro atoms. The van der Waals surface area contributed by atoms with E-state index in [-0.39, 0.29) is 6.10 Å². The molecule has 0 atom stereocenters. The quantitative estimate of drug-likeness (QED) is 0.930. The van der Waals surface area contributed by atoms with Crippen LogP contribution in [0.4, 0.5) is 0 Å². The first-order valence-electron chi connectivity index (χ1n) is 7.05. The molecule has 4 heteroatoms. The maximum Gasteiger partial charge on any atom is 0.129 e. The lowest BCUT2D eigenvalue weighted by molar-refractivity contribution is 0.243. The van der Waals surface area contributed by atoms with Crippen molar-refractivity contribution in [2.45, 2.75) is 32.9 Å². The number of hydrogen-bond acceptors (Lipinski definition) is 4. The van der Waals surface area contributed by atoms with Crippen LogP contribution in [0.25, 0.3) is 11.3 Å². The van der Waals surface area contributed by atoms with Gasteiger partial charge in [0.15, 0.2) is 0 Å². The van der Waals surface area contributed by atoms with Crippen LogP contribution in [0.15, 0.2) is 30.6 Å². The fourth-order valence-corrected chi connectivity index (χ4v) is 2.52. The third-order valence-electron chi connectivity index (χ3n) is 3.38. The van der Waals surface area contributed by atoms with Gasteiger partial charge in [0, 0.05) is 30.6 Å². The van der Waals surface area contributed by atoms with Gasteiger partial charge in [-0.3, -0.25) is 0 Å². The summed E-state index contributed by atoms with van der Waals surface area (Å²) in [5.74, 6) is 0.883. The second-order valence-electron chi connectivity index (χ2n) is 5.24. The van der Waals surface area contributed by atoms with Crippen molar-refractivity contribution in [1.82, 2.24) is 15.3 Å². The SMILES string of the molecule is CC(C)Oc1ccccc1-c1ncnc2c1CNCC2. The third kappa shape index (κ3) is 2.51. The molecule has 2 heterocycles. The molecule has 1 aromatic heterocycles. The van der Waals surface area contributed by atoms with Gasteiger partial charge in [0.2, 0.25) is 0 Å². The van der Waals surface area contributed by atoms with E-state index >= 15 is 0 Å². The van der Waals surface area contributed by atoms with Crippen LogP contribution in [-0.2, 0) is 13.0 Å². The highest BCUT2D eigenvalue weighted by atomic mass is 16.5. The van der Waals surface area contributed by atoms with E-state index in [1.54, 1.807) is 6.33 Å². The Balaban J connectivity index is 2.09. The van der Waals surface area contributed by atoms with Crippen LogP contribution in [0.3, 0.4) is 0 Å². The van der Waals surface area contributed by atoms with Crippen molar-refractivity contribution in [3.05, 3.63) is 41.9 Å². The monoisotopic (exact) mass is 269 g/mol. The zero-order chi connectivity index (χ0) is 13.9. The zero-order valence-electron chi connectivity index (χ0n) is 11.9. The van der Waals surface area contributed by atoms with Crippen LogP contribution in [0.5, 0.6) is 5.75 Å². The molecular formula is C16H19N3O. The summed E-state index contributed by atoms with van der Waals surface area (Å²) in [4.78, 5) is 8.90. The second kappa shape index (κ2) is 5.59. The largest absolute Gasteiger partial charge is 0.490 e. The number of para-hydroxylation sites is 1. The van der Waals surface area contributed by atoms with E-state index in [1.165, 1.54) is 5.56 Å². The lowest BCUT2D eigenvalue weighted by atomic mass is 10.00. The first-order valence-corrected chi connectivity index (χ1v) is 7.05. The number of hydrogen-bond donors (Lipinski definition) is 1. The zero-order valence-corrected chi connectivity index (χ0v) is 11.9. The summed E-state index contributed by atoms with van der Waals surface area (Å²) in [5, 5.41) is 3.39. The highest BCUT2D eigenvalue weighted by Gasteiger charge is 2.18. The molecule has 0 saturated heterocycles. The molecule has 0 fully saturated rings. The predicted octanol–water partition coefficient (Wildman–Crippen LogP) is 2.58. The number of benzene rings is 1. The standard InChI is InChI=1S/C16H19N3O/c1-11(2)20-15-6-4-3-5-12(15)16-13-9-17-8-7-14(13)18-10-19-16/h3-6,10-11,17H,7-9H2,1-2H3. The van der Waals surface area contributed by atoms with Crippen molar-refractivity contribution in [1.29, 1.82) is 0 Å². The molecular weight excluding hydrogens is 250 g/mol. The van der Waals surface area contributed by atoms with Gasteiger partial charge in [-0.1, -0.05) is 12.1 Å². The average Bonchev–Trinajstić information content (AvgIpc) is 2.47. The van der Waals surface area contributed by atoms with Gasteiger partial charge in [-0.25, -0.2) is 9.97 Å². The van der Waals surface area contributed by atoms with E-state index in [4.69, 9.17) is 4.74 Å². The minimum Gasteiger partial charge on any atom is -0.490 e. The van der Waals surface area contributed by atoms with Gasteiger partial charge in [-0.2, -0.15) is 0 Å². The highest BCUT2D eigenvalue weighted by molar-refractivity contribution is 5.70. The molecule has 104 valence electrons. The second-order valence-corrected chi connectivity index (χ2v) is 5.24. The fourth-order valence-electron chi connectivity index (χ4n) is 2.52. The molecule has 1 aromatic carbocycles. The minimum absolute atomic E-state index is 0.145. The number of rotatable bonds is 3. The van der Waals surface area contributed by atoms with E-state index in [9.17, 15) is 0 Å². The van der Waals surface area contributed by atoms with Crippen LogP contribution in [0.2, 0.25) is 0 Å². The minimum atomic E-state index is 0.145. The van der Waals surface area contributed by atoms with E-state index in [1.807, 2.05) is 32.0 Å². The number of ether oxygens (including phenoxy) is 1. The molecule has 20 heavy (non-hydrogen) atoms. The first-order chi connectivity index (χ1) is 9.75. The Bertz CT molecular complexity index is 610. The van der Waals surface area contributed by atoms with Crippen LogP contribution >= 0.6 is 0 Å². The molecule has 0 radical (unpaired) electrons. The molecule has 0 aliphatic carbocycles. The van der Waals surface area contributed by atoms with Gasteiger partial charge in [0.25, 0.3) is 0 Å². The molecule has 0 amide bonds. The molecule has 3 rings (SSSR count). The molecule has 1 aliphatic heterocycles. The van der Waals surface area contributed by atoms with Crippen molar-refractivity contribution >= 4 is 0 Å². The number of nitrogens with one attached hydrogen (secondary N) is 1. The Hall–Kier alpha value is -1.94. The van der Waals surface area contributed by atoms with E-state index in [0.29, 0.717) is 0 Å². The highest BCUT2D eigenvalue weighted by Crippen LogP contribution is 2.32. The van der Waals surface area contributed by atoms with E-state index in [0.717, 1.165) is 42.2 Å². The van der Waals surface area contributed by atoms with Crippen molar-refractivity contribution in [2.75, 3.05) is 6.54 Å². The molecule has 0 bridgehead atoms. The third-order valence-corrected chi connectivity index (χ3v) is 3.38. The molecule has 1 aliphatic rings. The Morgan fingerprint density at radius 3 is 2.90 bits per heavy atom. The first kappa shape index (κ1) is 13.1. The van der Waals surface area contributed by atoms with Crippen LogP contribution in [0.1, 0.15) is 25.1 Å². The molecule has 2 aromatic rings. The number of aromatic nitrogens is 2. The Kier molecular flexibility index (Phi) is 3.65. The van der Waals surface area contributed by atoms with Crippen LogP contribution < -0.4 is 10.1 Å². The molecule has 4 nitrogen and oxygen atoms in total. The number of nitrogens with zero attached hydrogens (tertiary/aromatic N) is 2. The van der Waals surface area contributed by atoms with Gasteiger partial charge in [0.05, 0.1) is 17.5 Å². The summed E-state index contributed by atoms with van der Waals surface area (Å²) in [6.07, 6.45) is 2.76. The Morgan fingerprint density at radius 2 is 2.05 bits per heavy atom. The lowest BCUT2D eigenvalue weighted by Crippen LogP contribution is -2.25. The normalized spacial score (nSPS) is 14.2. The average molecular weight is 269 g/mol. The Morgan fingerprint density at radius 1 is 1.20 bits per heavy atom. The lowest BCUT2D eigenvalue weighted by Gasteiger charge is -2.20. The van der Waals surface area contributed by atoms with Crippen molar-refractivity contribution in [2.24, 2.45) is 0 Å². The maximum absolute atomic E-state index is 5.91. The molecule has 0 unspecified atom stereocenters. The van der Waals surface area contributed by atoms with E-state index in [2.05, 4.69) is 21.4 Å². The van der Waals surface area contributed by atoms with Gasteiger partial charge in [-0.05, 0) is 26.0 Å². The summed E-state index contributed by atoms with van der Waals surface area (Å²) in [5.41, 5.74) is 4.37. The predicted molar refractivity (Wildman–Crippen MR) is 78.6 cm³/mol. The summed E-state index contributed by atoms with van der Waals surface area (Å²) >= 11 is 0. The van der Waals surface area contributed by atoms with Gasteiger partial charge >= 0.3 is 0 Å². The Labute approximate surface area is 119 Å². The van der Waals surface area contributed by atoms with Gasteiger partial charge in [-0.15, -0.1) is 0 Å². The van der Waals surface area contributed by atoms with Gasteiger partial charge < -0.3 is 10.1 Å². The maximum atomic E-state index is 5.91.